The summed E-state index contributed by atoms with van der Waals surface area (Å²) in [6, 6.07) is 0.340. The number of carbonyl (C=O) groups excluding carboxylic acids is 1. The van der Waals surface area contributed by atoms with Crippen LogP contribution < -0.4 is 5.32 Å². The lowest BCUT2D eigenvalue weighted by Gasteiger charge is -2.34. The van der Waals surface area contributed by atoms with E-state index in [4.69, 9.17) is 4.52 Å². The third-order valence-electron chi connectivity index (χ3n) is 4.85. The maximum absolute atomic E-state index is 12.1. The highest BCUT2D eigenvalue weighted by atomic mass is 16.5. The minimum atomic E-state index is 0.148. The molecule has 1 aromatic heterocycles. The van der Waals surface area contributed by atoms with Crippen LogP contribution in [0.5, 0.6) is 0 Å². The number of amides is 1. The van der Waals surface area contributed by atoms with E-state index in [0.717, 1.165) is 18.7 Å². The van der Waals surface area contributed by atoms with Gasteiger partial charge in [-0.1, -0.05) is 45.7 Å². The van der Waals surface area contributed by atoms with Crippen molar-refractivity contribution in [2.75, 3.05) is 0 Å². The van der Waals surface area contributed by atoms with Crippen molar-refractivity contribution in [1.29, 1.82) is 0 Å². The van der Waals surface area contributed by atoms with Gasteiger partial charge in [0.15, 0.2) is 5.82 Å². The van der Waals surface area contributed by atoms with Crippen LogP contribution in [-0.2, 0) is 11.2 Å². The molecule has 3 atom stereocenters. The molecule has 1 saturated carbocycles. The van der Waals surface area contributed by atoms with Crippen LogP contribution >= 0.6 is 0 Å². The molecule has 1 heterocycles. The van der Waals surface area contributed by atoms with E-state index in [1.165, 1.54) is 12.8 Å². The Morgan fingerprint density at radius 2 is 2.14 bits per heavy atom. The van der Waals surface area contributed by atoms with E-state index in [1.807, 2.05) is 13.8 Å². The van der Waals surface area contributed by atoms with Gasteiger partial charge in [0, 0.05) is 24.8 Å². The average Bonchev–Trinajstić information content (AvgIpc) is 2.93. The number of hydrogen-bond donors (Lipinski definition) is 1. The van der Waals surface area contributed by atoms with Crippen LogP contribution in [0.2, 0.25) is 0 Å². The fourth-order valence-electron chi connectivity index (χ4n) is 3.07. The Kier molecular flexibility index (Phi) is 5.98. The highest BCUT2D eigenvalue weighted by Gasteiger charge is 2.27. The summed E-state index contributed by atoms with van der Waals surface area (Å²) in [5.74, 6) is 3.07. The Morgan fingerprint density at radius 3 is 2.82 bits per heavy atom. The second-order valence-corrected chi connectivity index (χ2v) is 7.00. The Labute approximate surface area is 133 Å². The van der Waals surface area contributed by atoms with Gasteiger partial charge in [0.25, 0.3) is 0 Å². The zero-order valence-electron chi connectivity index (χ0n) is 14.3. The largest absolute Gasteiger partial charge is 0.353 e. The molecule has 1 aromatic rings. The molecule has 0 aliphatic heterocycles. The maximum atomic E-state index is 12.1. The number of aryl methyl sites for hydroxylation is 1. The summed E-state index contributed by atoms with van der Waals surface area (Å²) in [6.45, 7) is 8.61. The molecule has 1 aliphatic carbocycles. The van der Waals surface area contributed by atoms with Crippen LogP contribution in [0.4, 0.5) is 0 Å². The average molecular weight is 307 g/mol. The van der Waals surface area contributed by atoms with Gasteiger partial charge in [0.1, 0.15) is 0 Å². The van der Waals surface area contributed by atoms with Crippen LogP contribution in [0.15, 0.2) is 4.52 Å². The van der Waals surface area contributed by atoms with Crippen molar-refractivity contribution in [3.8, 4) is 0 Å². The second kappa shape index (κ2) is 7.75. The molecule has 2 rings (SSSR count). The Bertz CT molecular complexity index is 484. The van der Waals surface area contributed by atoms with Gasteiger partial charge in [-0.15, -0.1) is 0 Å². The molecule has 1 N–H and O–H groups in total. The third-order valence-corrected chi connectivity index (χ3v) is 4.85. The molecule has 0 aromatic carbocycles. The van der Waals surface area contributed by atoms with Crippen molar-refractivity contribution in [2.24, 2.45) is 11.8 Å². The molecular formula is C17H29N3O2. The molecule has 5 heteroatoms. The monoisotopic (exact) mass is 307 g/mol. The normalized spacial score (nSPS) is 25.4. The van der Waals surface area contributed by atoms with Gasteiger partial charge in [-0.25, -0.2) is 0 Å². The number of aromatic nitrogens is 2. The van der Waals surface area contributed by atoms with E-state index in [-0.39, 0.29) is 11.8 Å². The number of nitrogens with one attached hydrogen (secondary N) is 1. The summed E-state index contributed by atoms with van der Waals surface area (Å²) in [4.78, 5) is 16.4. The molecule has 1 fully saturated rings. The first-order valence-corrected chi connectivity index (χ1v) is 8.59. The Hall–Kier alpha value is -1.39. The van der Waals surface area contributed by atoms with E-state index >= 15 is 0 Å². The van der Waals surface area contributed by atoms with Gasteiger partial charge >= 0.3 is 0 Å². The first kappa shape index (κ1) is 17.0. The number of hydrogen-bond acceptors (Lipinski definition) is 4. The van der Waals surface area contributed by atoms with Gasteiger partial charge in [-0.05, 0) is 24.7 Å². The van der Waals surface area contributed by atoms with Crippen LogP contribution in [0, 0.1) is 11.8 Å². The molecular weight excluding hydrogens is 278 g/mol. The van der Waals surface area contributed by atoms with Gasteiger partial charge < -0.3 is 9.84 Å². The van der Waals surface area contributed by atoms with E-state index in [9.17, 15) is 4.79 Å². The summed E-state index contributed by atoms with van der Waals surface area (Å²) in [5, 5.41) is 7.14. The lowest BCUT2D eigenvalue weighted by molar-refractivity contribution is -0.122. The predicted octanol–water partition coefficient (Wildman–Crippen LogP) is 3.46. The molecule has 1 amide bonds. The number of carbonyl (C=O) groups is 1. The topological polar surface area (TPSA) is 68.0 Å². The molecule has 0 unspecified atom stereocenters. The van der Waals surface area contributed by atoms with Gasteiger partial charge in [0.2, 0.25) is 11.8 Å². The summed E-state index contributed by atoms with van der Waals surface area (Å²) in [5.41, 5.74) is 0. The minimum absolute atomic E-state index is 0.148. The Balaban J connectivity index is 1.71. The van der Waals surface area contributed by atoms with Crippen molar-refractivity contribution in [2.45, 2.75) is 78.2 Å². The summed E-state index contributed by atoms with van der Waals surface area (Å²) < 4.78 is 5.20. The SMILES string of the molecule is CC(C)c1noc(CCCC(=O)N[C@@H]2CCC[C@@H](C)[C@@H]2C)n1. The van der Waals surface area contributed by atoms with E-state index < -0.39 is 0 Å². The third kappa shape index (κ3) is 4.55. The van der Waals surface area contributed by atoms with Gasteiger partial charge in [-0.2, -0.15) is 4.98 Å². The predicted molar refractivity (Wildman–Crippen MR) is 85.4 cm³/mol. The fourth-order valence-corrected chi connectivity index (χ4v) is 3.07. The van der Waals surface area contributed by atoms with Crippen LogP contribution in [0.1, 0.15) is 77.4 Å². The van der Waals surface area contributed by atoms with Crippen molar-refractivity contribution >= 4 is 5.91 Å². The van der Waals surface area contributed by atoms with Crippen molar-refractivity contribution in [3.63, 3.8) is 0 Å². The molecule has 22 heavy (non-hydrogen) atoms. The van der Waals surface area contributed by atoms with Crippen LogP contribution in [0.25, 0.3) is 0 Å². The molecule has 0 bridgehead atoms. The second-order valence-electron chi connectivity index (χ2n) is 7.00. The molecule has 124 valence electrons. The molecule has 5 nitrogen and oxygen atoms in total. The zero-order chi connectivity index (χ0) is 16.1. The fraction of sp³-hybridized carbons (Fsp3) is 0.824. The van der Waals surface area contributed by atoms with Crippen molar-refractivity contribution in [1.82, 2.24) is 15.5 Å². The lowest BCUT2D eigenvalue weighted by Crippen LogP contribution is -2.43. The van der Waals surface area contributed by atoms with Crippen molar-refractivity contribution in [3.05, 3.63) is 11.7 Å². The quantitative estimate of drug-likeness (QED) is 0.874. The highest BCUT2D eigenvalue weighted by molar-refractivity contribution is 5.76. The van der Waals surface area contributed by atoms with Gasteiger partial charge in [-0.3, -0.25) is 4.79 Å². The smallest absolute Gasteiger partial charge is 0.226 e. The molecule has 0 saturated heterocycles. The summed E-state index contributed by atoms with van der Waals surface area (Å²) in [7, 11) is 0. The molecule has 1 aliphatic rings. The molecule has 0 spiro atoms. The first-order valence-electron chi connectivity index (χ1n) is 8.59. The van der Waals surface area contributed by atoms with Crippen LogP contribution in [-0.4, -0.2) is 22.1 Å². The molecule has 0 radical (unpaired) electrons. The number of rotatable bonds is 6. The lowest BCUT2D eigenvalue weighted by atomic mass is 9.78. The van der Waals surface area contributed by atoms with E-state index in [0.29, 0.717) is 36.6 Å². The zero-order valence-corrected chi connectivity index (χ0v) is 14.3. The van der Waals surface area contributed by atoms with E-state index in [1.54, 1.807) is 0 Å². The van der Waals surface area contributed by atoms with Gasteiger partial charge in [0.05, 0.1) is 0 Å². The van der Waals surface area contributed by atoms with E-state index in [2.05, 4.69) is 29.3 Å². The summed E-state index contributed by atoms with van der Waals surface area (Å²) in [6.07, 6.45) is 5.56. The van der Waals surface area contributed by atoms with Crippen molar-refractivity contribution < 1.29 is 9.32 Å². The number of nitrogens with zero attached hydrogens (tertiary/aromatic N) is 2. The standard InChI is InChI=1S/C17H29N3O2/c1-11(2)17-19-16(22-20-17)10-6-9-15(21)18-14-8-5-7-12(3)13(14)4/h11-14H,5-10H2,1-4H3,(H,18,21)/t12-,13+,14-/m1/s1. The van der Waals surface area contributed by atoms with Crippen LogP contribution in [0.3, 0.4) is 0 Å². The highest BCUT2D eigenvalue weighted by Crippen LogP contribution is 2.29. The minimum Gasteiger partial charge on any atom is -0.353 e. The summed E-state index contributed by atoms with van der Waals surface area (Å²) >= 11 is 0. The first-order chi connectivity index (χ1) is 10.5. The Morgan fingerprint density at radius 1 is 1.36 bits per heavy atom. The maximum Gasteiger partial charge on any atom is 0.226 e.